The van der Waals surface area contributed by atoms with Crippen LogP contribution >= 0.6 is 11.8 Å². The molecule has 0 saturated carbocycles. The van der Waals surface area contributed by atoms with Crippen molar-refractivity contribution in [2.45, 2.75) is 30.7 Å². The molecular formula is C22H26N2O6S. The van der Waals surface area contributed by atoms with Gasteiger partial charge in [-0.3, -0.25) is 19.7 Å². The summed E-state index contributed by atoms with van der Waals surface area (Å²) < 4.78 is 10.7. The average Bonchev–Trinajstić information content (AvgIpc) is 3.24. The molecule has 1 saturated heterocycles. The molecule has 9 heteroatoms. The third-order valence-corrected chi connectivity index (χ3v) is 6.21. The van der Waals surface area contributed by atoms with E-state index in [-0.39, 0.29) is 24.3 Å². The van der Waals surface area contributed by atoms with Crippen molar-refractivity contribution in [3.8, 4) is 0 Å². The SMILES string of the molecule is CCOC(=O)C(Cc1ccccc1)NC1CSC(c2ccco2)CN(CC(=O)O)C1=O. The van der Waals surface area contributed by atoms with Gasteiger partial charge in [0, 0.05) is 12.3 Å². The summed E-state index contributed by atoms with van der Waals surface area (Å²) in [6, 6.07) is 11.6. The van der Waals surface area contributed by atoms with Crippen molar-refractivity contribution < 1.29 is 28.6 Å². The third-order valence-electron chi connectivity index (χ3n) is 4.90. The van der Waals surface area contributed by atoms with Gasteiger partial charge < -0.3 is 19.2 Å². The highest BCUT2D eigenvalue weighted by atomic mass is 32.2. The van der Waals surface area contributed by atoms with Crippen LogP contribution in [0, 0.1) is 0 Å². The molecule has 0 spiro atoms. The van der Waals surface area contributed by atoms with E-state index in [1.54, 1.807) is 19.3 Å². The number of ether oxygens (including phenoxy) is 1. The molecule has 1 aromatic carbocycles. The number of thioether (sulfide) groups is 1. The van der Waals surface area contributed by atoms with Crippen molar-refractivity contribution in [2.75, 3.05) is 25.4 Å². The van der Waals surface area contributed by atoms with Crippen LogP contribution in [0.4, 0.5) is 0 Å². The van der Waals surface area contributed by atoms with E-state index in [1.807, 2.05) is 36.4 Å². The molecular weight excluding hydrogens is 420 g/mol. The average molecular weight is 447 g/mol. The van der Waals surface area contributed by atoms with Crippen LogP contribution in [0.3, 0.4) is 0 Å². The first-order valence-corrected chi connectivity index (χ1v) is 11.1. The molecule has 0 bridgehead atoms. The minimum Gasteiger partial charge on any atom is -0.480 e. The highest BCUT2D eigenvalue weighted by Gasteiger charge is 2.36. The fourth-order valence-corrected chi connectivity index (χ4v) is 4.71. The monoisotopic (exact) mass is 446 g/mol. The number of carboxylic acid groups (broad SMARTS) is 1. The molecule has 31 heavy (non-hydrogen) atoms. The quantitative estimate of drug-likeness (QED) is 0.564. The zero-order valence-electron chi connectivity index (χ0n) is 17.2. The predicted octanol–water partition coefficient (Wildman–Crippen LogP) is 2.11. The van der Waals surface area contributed by atoms with Gasteiger partial charge in [0.15, 0.2) is 0 Å². The van der Waals surface area contributed by atoms with E-state index in [4.69, 9.17) is 9.15 Å². The number of carbonyl (C=O) groups is 3. The van der Waals surface area contributed by atoms with Gasteiger partial charge in [0.2, 0.25) is 5.91 Å². The Morgan fingerprint density at radius 1 is 1.29 bits per heavy atom. The minimum absolute atomic E-state index is 0.194. The number of hydrogen-bond acceptors (Lipinski definition) is 7. The first-order chi connectivity index (χ1) is 15.0. The fourth-order valence-electron chi connectivity index (χ4n) is 3.46. The largest absolute Gasteiger partial charge is 0.480 e. The molecule has 1 aliphatic heterocycles. The molecule has 8 nitrogen and oxygen atoms in total. The second-order valence-corrected chi connectivity index (χ2v) is 8.40. The number of hydrogen-bond donors (Lipinski definition) is 2. The highest BCUT2D eigenvalue weighted by Crippen LogP contribution is 2.33. The van der Waals surface area contributed by atoms with Crippen LogP contribution in [0.1, 0.15) is 23.5 Å². The number of benzene rings is 1. The smallest absolute Gasteiger partial charge is 0.323 e. The second kappa shape index (κ2) is 11.0. The van der Waals surface area contributed by atoms with Crippen LogP contribution in [0.2, 0.25) is 0 Å². The van der Waals surface area contributed by atoms with E-state index < -0.39 is 30.6 Å². The summed E-state index contributed by atoms with van der Waals surface area (Å²) in [5.41, 5.74) is 0.928. The van der Waals surface area contributed by atoms with Gasteiger partial charge in [-0.15, -0.1) is 11.8 Å². The lowest BCUT2D eigenvalue weighted by Crippen LogP contribution is -2.54. The molecule has 0 radical (unpaired) electrons. The van der Waals surface area contributed by atoms with E-state index >= 15 is 0 Å². The zero-order valence-corrected chi connectivity index (χ0v) is 18.0. The number of nitrogens with zero attached hydrogens (tertiary/aromatic N) is 1. The Bertz CT molecular complexity index is 873. The molecule has 2 heterocycles. The van der Waals surface area contributed by atoms with Crippen LogP contribution in [0.15, 0.2) is 53.1 Å². The molecule has 0 aliphatic carbocycles. The van der Waals surface area contributed by atoms with Crippen LogP contribution in [0.5, 0.6) is 0 Å². The standard InChI is InChI=1S/C22H26N2O6S/c1-2-29-22(28)16(11-15-7-4-3-5-8-15)23-17-14-31-19(18-9-6-10-30-18)12-24(21(17)27)13-20(25)26/h3-10,16-17,19,23H,2,11-14H2,1H3,(H,25,26). The molecule has 3 unspecified atom stereocenters. The van der Waals surface area contributed by atoms with E-state index in [0.717, 1.165) is 5.56 Å². The molecule has 1 fully saturated rings. The van der Waals surface area contributed by atoms with Gasteiger partial charge in [-0.05, 0) is 31.0 Å². The lowest BCUT2D eigenvalue weighted by atomic mass is 10.0. The lowest BCUT2D eigenvalue weighted by molar-refractivity contribution is -0.148. The van der Waals surface area contributed by atoms with Crippen molar-refractivity contribution in [2.24, 2.45) is 0 Å². The number of amides is 1. The van der Waals surface area contributed by atoms with Crippen LogP contribution in [0.25, 0.3) is 0 Å². The van der Waals surface area contributed by atoms with Crippen molar-refractivity contribution >= 4 is 29.6 Å². The molecule has 1 aromatic heterocycles. The van der Waals surface area contributed by atoms with E-state index in [9.17, 15) is 19.5 Å². The van der Waals surface area contributed by atoms with Gasteiger partial charge in [-0.1, -0.05) is 30.3 Å². The fraction of sp³-hybridized carbons (Fsp3) is 0.409. The van der Waals surface area contributed by atoms with Crippen molar-refractivity contribution in [3.63, 3.8) is 0 Å². The van der Waals surface area contributed by atoms with Crippen LogP contribution < -0.4 is 5.32 Å². The summed E-state index contributed by atoms with van der Waals surface area (Å²) in [5, 5.41) is 12.2. The normalized spacial score (nSPS) is 20.2. The Hall–Kier alpha value is -2.78. The summed E-state index contributed by atoms with van der Waals surface area (Å²) in [7, 11) is 0. The summed E-state index contributed by atoms with van der Waals surface area (Å²) in [4.78, 5) is 38.4. The number of rotatable bonds is 9. The van der Waals surface area contributed by atoms with Crippen LogP contribution in [-0.4, -0.2) is 65.4 Å². The van der Waals surface area contributed by atoms with Gasteiger partial charge in [0.25, 0.3) is 0 Å². The number of nitrogens with one attached hydrogen (secondary N) is 1. The number of esters is 1. The molecule has 3 atom stereocenters. The maximum atomic E-state index is 13.2. The van der Waals surface area contributed by atoms with Crippen LogP contribution in [-0.2, 0) is 25.5 Å². The van der Waals surface area contributed by atoms with Crippen molar-refractivity contribution in [3.05, 3.63) is 60.1 Å². The Kier molecular flexibility index (Phi) is 8.13. The lowest BCUT2D eigenvalue weighted by Gasteiger charge is -2.26. The highest BCUT2D eigenvalue weighted by molar-refractivity contribution is 7.99. The van der Waals surface area contributed by atoms with Gasteiger partial charge >= 0.3 is 11.9 Å². The van der Waals surface area contributed by atoms with Crippen molar-refractivity contribution in [1.29, 1.82) is 0 Å². The van der Waals surface area contributed by atoms with Gasteiger partial charge in [0.05, 0.1) is 24.2 Å². The summed E-state index contributed by atoms with van der Waals surface area (Å²) in [5.74, 6) is -0.846. The van der Waals surface area contributed by atoms with E-state index in [0.29, 0.717) is 17.9 Å². The number of furan rings is 1. The Morgan fingerprint density at radius 3 is 2.71 bits per heavy atom. The first-order valence-electron chi connectivity index (χ1n) is 10.1. The Morgan fingerprint density at radius 2 is 2.06 bits per heavy atom. The van der Waals surface area contributed by atoms with Gasteiger partial charge in [-0.25, -0.2) is 0 Å². The molecule has 3 rings (SSSR count). The van der Waals surface area contributed by atoms with E-state index in [2.05, 4.69) is 5.32 Å². The van der Waals surface area contributed by atoms with Gasteiger partial charge in [0.1, 0.15) is 18.3 Å². The third kappa shape index (κ3) is 6.35. The maximum Gasteiger partial charge on any atom is 0.323 e. The molecule has 1 aliphatic rings. The zero-order chi connectivity index (χ0) is 22.2. The van der Waals surface area contributed by atoms with E-state index in [1.165, 1.54) is 16.7 Å². The number of carboxylic acids is 1. The molecule has 166 valence electrons. The molecule has 1 amide bonds. The Balaban J connectivity index is 1.80. The van der Waals surface area contributed by atoms with Gasteiger partial charge in [-0.2, -0.15) is 0 Å². The predicted molar refractivity (Wildman–Crippen MR) is 116 cm³/mol. The minimum atomic E-state index is -1.09. The Labute approximate surface area is 184 Å². The number of aliphatic carboxylic acids is 1. The topological polar surface area (TPSA) is 109 Å². The maximum absolute atomic E-state index is 13.2. The van der Waals surface area contributed by atoms with Crippen molar-refractivity contribution in [1.82, 2.24) is 10.2 Å². The molecule has 2 aromatic rings. The first kappa shape index (κ1) is 22.9. The molecule has 2 N–H and O–H groups in total. The summed E-state index contributed by atoms with van der Waals surface area (Å²) in [6.45, 7) is 1.75. The summed E-state index contributed by atoms with van der Waals surface area (Å²) >= 11 is 1.49. The second-order valence-electron chi connectivity index (χ2n) is 7.16. The number of carbonyl (C=O) groups excluding carboxylic acids is 2. The summed E-state index contributed by atoms with van der Waals surface area (Å²) in [6.07, 6.45) is 1.91.